The number of carbonyl (C=O) groups excluding carboxylic acids is 1. The van der Waals surface area contributed by atoms with Gasteiger partial charge in [0.2, 0.25) is 0 Å². The summed E-state index contributed by atoms with van der Waals surface area (Å²) in [6, 6.07) is 2.12. The Labute approximate surface area is 151 Å². The molecule has 2 unspecified atom stereocenters. The number of anilines is 1. The molecule has 2 fully saturated rings. The molecule has 10 heteroatoms. The highest BCUT2D eigenvalue weighted by atomic mass is 19.4. The second-order valence-electron chi connectivity index (χ2n) is 6.67. The first kappa shape index (κ1) is 19.2. The average molecular weight is 388 g/mol. The van der Waals surface area contributed by atoms with Crippen LogP contribution < -0.4 is 5.73 Å². The van der Waals surface area contributed by atoms with Crippen LogP contribution in [-0.4, -0.2) is 27.0 Å². The van der Waals surface area contributed by atoms with Crippen LogP contribution in [0.25, 0.3) is 11.3 Å². The van der Waals surface area contributed by atoms with Gasteiger partial charge < -0.3 is 5.73 Å². The lowest BCUT2D eigenvalue weighted by molar-refractivity contribution is -0.137. The number of nitrogen functional groups attached to an aromatic ring is 1. The molecule has 2 aliphatic carbocycles. The van der Waals surface area contributed by atoms with Gasteiger partial charge in [0.15, 0.2) is 0 Å². The molecular weight excluding hydrogens is 371 g/mol. The molecular formula is C17H17F5N4O. The molecule has 0 aromatic carbocycles. The molecule has 2 N–H and O–H groups in total. The van der Waals surface area contributed by atoms with E-state index >= 15 is 0 Å². The molecule has 2 aromatic rings. The Morgan fingerprint density at radius 2 is 1.93 bits per heavy atom. The number of nitrogens with two attached hydrogens (primary N) is 1. The van der Waals surface area contributed by atoms with E-state index in [1.807, 2.05) is 0 Å². The normalized spacial score (nSPS) is 21.0. The molecule has 2 atom stereocenters. The quantitative estimate of drug-likeness (QED) is 0.812. The maximum Gasteiger partial charge on any atom is 0.419 e. The molecule has 4 rings (SSSR count). The summed E-state index contributed by atoms with van der Waals surface area (Å²) < 4.78 is 63.3. The number of Topliss-reactive ketones (excluding diaryl/α,β-unsaturated/α-hetero) is 1. The third-order valence-corrected chi connectivity index (χ3v) is 4.53. The van der Waals surface area contributed by atoms with Crippen LogP contribution in [0.2, 0.25) is 0 Å². The highest BCUT2D eigenvalue weighted by Crippen LogP contribution is 2.49. The van der Waals surface area contributed by atoms with Gasteiger partial charge in [-0.2, -0.15) is 18.3 Å². The summed E-state index contributed by atoms with van der Waals surface area (Å²) in [6.45, 7) is -0.630. The Hall–Kier alpha value is -2.52. The molecule has 0 saturated heterocycles. The molecule has 27 heavy (non-hydrogen) atoms. The van der Waals surface area contributed by atoms with Crippen molar-refractivity contribution in [2.24, 2.45) is 11.8 Å². The first-order valence-corrected chi connectivity index (χ1v) is 8.30. The maximum atomic E-state index is 12.7. The summed E-state index contributed by atoms with van der Waals surface area (Å²) >= 11 is 0. The number of carbonyl (C=O) groups is 1. The Morgan fingerprint density at radius 3 is 2.44 bits per heavy atom. The summed E-state index contributed by atoms with van der Waals surface area (Å²) in [7, 11) is 0. The van der Waals surface area contributed by atoms with Gasteiger partial charge in [-0.3, -0.25) is 9.48 Å². The van der Waals surface area contributed by atoms with Crippen LogP contribution in [0.5, 0.6) is 0 Å². The zero-order valence-corrected chi connectivity index (χ0v) is 14.1. The lowest BCUT2D eigenvalue weighted by Crippen LogP contribution is -2.10. The number of rotatable bonds is 3. The van der Waals surface area contributed by atoms with E-state index in [1.54, 1.807) is 0 Å². The fourth-order valence-corrected chi connectivity index (χ4v) is 3.08. The molecule has 2 aliphatic rings. The molecule has 2 aromatic heterocycles. The lowest BCUT2D eigenvalue weighted by atomic mass is 10.1. The maximum absolute atomic E-state index is 12.7. The fourth-order valence-electron chi connectivity index (χ4n) is 3.08. The standard InChI is InChI=1S/C11H9F5N4.C6H8O/c12-9(13)5-20-2-1-8(19-20)6-3-7(11(14,15)16)10(17)18-4-6;7-6-2-4-1-5(4)3-6/h1-4,9H,5H2,(H2,17,18);4-5H,1-3H2. The van der Waals surface area contributed by atoms with Crippen molar-refractivity contribution < 1.29 is 26.7 Å². The van der Waals surface area contributed by atoms with Gasteiger partial charge in [0, 0.05) is 30.8 Å². The van der Waals surface area contributed by atoms with Crippen molar-refractivity contribution >= 4 is 11.6 Å². The summed E-state index contributed by atoms with van der Waals surface area (Å²) in [6.07, 6.45) is -1.71. The summed E-state index contributed by atoms with van der Waals surface area (Å²) in [5, 5.41) is 3.76. The van der Waals surface area contributed by atoms with Crippen molar-refractivity contribution in [1.82, 2.24) is 14.8 Å². The van der Waals surface area contributed by atoms with E-state index in [0.29, 0.717) is 5.78 Å². The predicted molar refractivity (Wildman–Crippen MR) is 86.7 cm³/mol. The number of nitrogens with zero attached hydrogens (tertiary/aromatic N) is 3. The summed E-state index contributed by atoms with van der Waals surface area (Å²) in [5.74, 6) is 1.54. The Morgan fingerprint density at radius 1 is 1.26 bits per heavy atom. The van der Waals surface area contributed by atoms with Crippen molar-refractivity contribution in [2.45, 2.75) is 38.4 Å². The number of hydrogen-bond acceptors (Lipinski definition) is 4. The first-order chi connectivity index (χ1) is 12.6. The number of hydrogen-bond donors (Lipinski definition) is 1. The van der Waals surface area contributed by atoms with E-state index in [2.05, 4.69) is 10.1 Å². The van der Waals surface area contributed by atoms with Crippen molar-refractivity contribution in [2.75, 3.05) is 5.73 Å². The predicted octanol–water partition coefficient (Wildman–Crippen LogP) is 3.80. The van der Waals surface area contributed by atoms with Crippen LogP contribution in [0.15, 0.2) is 24.5 Å². The van der Waals surface area contributed by atoms with E-state index in [1.165, 1.54) is 18.7 Å². The number of ketones is 1. The minimum absolute atomic E-state index is 0.0551. The van der Waals surface area contributed by atoms with Gasteiger partial charge in [0.05, 0.1) is 11.3 Å². The Kier molecular flexibility index (Phi) is 5.16. The molecule has 0 spiro atoms. The largest absolute Gasteiger partial charge is 0.419 e. The van der Waals surface area contributed by atoms with Gasteiger partial charge in [-0.15, -0.1) is 0 Å². The fraction of sp³-hybridized carbons (Fsp3) is 0.471. The van der Waals surface area contributed by atoms with E-state index in [9.17, 15) is 26.7 Å². The summed E-state index contributed by atoms with van der Waals surface area (Å²) in [5.41, 5.74) is 4.25. The minimum atomic E-state index is -4.64. The topological polar surface area (TPSA) is 73.8 Å². The number of halogens is 5. The van der Waals surface area contributed by atoms with Crippen LogP contribution in [0, 0.1) is 11.8 Å². The monoisotopic (exact) mass is 388 g/mol. The molecule has 0 bridgehead atoms. The molecule has 0 radical (unpaired) electrons. The van der Waals surface area contributed by atoms with Crippen molar-refractivity contribution in [3.05, 3.63) is 30.1 Å². The third-order valence-electron chi connectivity index (χ3n) is 4.53. The zero-order chi connectivity index (χ0) is 19.8. The molecule has 2 saturated carbocycles. The minimum Gasteiger partial charge on any atom is -0.383 e. The second kappa shape index (κ2) is 7.24. The van der Waals surface area contributed by atoms with Gasteiger partial charge in [0.1, 0.15) is 18.1 Å². The van der Waals surface area contributed by atoms with Crippen molar-refractivity contribution in [1.29, 1.82) is 0 Å². The molecule has 5 nitrogen and oxygen atoms in total. The SMILES string of the molecule is Nc1ncc(-c2ccn(CC(F)F)n2)cc1C(F)(F)F.O=C1CC2CC2C1. The van der Waals surface area contributed by atoms with Gasteiger partial charge in [-0.1, -0.05) is 0 Å². The second-order valence-corrected chi connectivity index (χ2v) is 6.67. The van der Waals surface area contributed by atoms with Crippen molar-refractivity contribution in [3.63, 3.8) is 0 Å². The Balaban J connectivity index is 0.000000246. The smallest absolute Gasteiger partial charge is 0.383 e. The average Bonchev–Trinajstić information content (AvgIpc) is 2.95. The highest BCUT2D eigenvalue weighted by molar-refractivity contribution is 5.82. The van der Waals surface area contributed by atoms with Gasteiger partial charge in [-0.25, -0.2) is 13.8 Å². The van der Waals surface area contributed by atoms with Gasteiger partial charge in [0.25, 0.3) is 6.43 Å². The molecule has 0 amide bonds. The summed E-state index contributed by atoms with van der Waals surface area (Å²) in [4.78, 5) is 13.9. The van der Waals surface area contributed by atoms with E-state index in [0.717, 1.165) is 41.6 Å². The van der Waals surface area contributed by atoms with Crippen LogP contribution in [0.3, 0.4) is 0 Å². The molecule has 2 heterocycles. The van der Waals surface area contributed by atoms with Crippen LogP contribution in [-0.2, 0) is 17.5 Å². The molecule has 146 valence electrons. The van der Waals surface area contributed by atoms with Crippen molar-refractivity contribution in [3.8, 4) is 11.3 Å². The van der Waals surface area contributed by atoms with Crippen LogP contribution >= 0.6 is 0 Å². The van der Waals surface area contributed by atoms with Crippen LogP contribution in [0.1, 0.15) is 24.8 Å². The molecule has 0 aliphatic heterocycles. The van der Waals surface area contributed by atoms with E-state index in [-0.39, 0.29) is 11.3 Å². The highest BCUT2D eigenvalue weighted by Gasteiger charge is 2.45. The van der Waals surface area contributed by atoms with E-state index in [4.69, 9.17) is 5.73 Å². The lowest BCUT2D eigenvalue weighted by Gasteiger charge is -2.09. The van der Waals surface area contributed by atoms with Gasteiger partial charge in [-0.05, 0) is 30.4 Å². The number of aromatic nitrogens is 3. The van der Waals surface area contributed by atoms with Crippen LogP contribution in [0.4, 0.5) is 27.8 Å². The first-order valence-electron chi connectivity index (χ1n) is 8.30. The Bertz CT molecular complexity index is 821. The number of pyridine rings is 1. The number of fused-ring (bicyclic) bond motifs is 1. The third kappa shape index (κ3) is 4.81. The van der Waals surface area contributed by atoms with E-state index < -0.39 is 30.5 Å². The zero-order valence-electron chi connectivity index (χ0n) is 14.1. The number of alkyl halides is 5. The van der Waals surface area contributed by atoms with Gasteiger partial charge >= 0.3 is 6.18 Å².